The fourth-order valence-electron chi connectivity index (χ4n) is 2.13. The maximum Gasteiger partial charge on any atom is 0.248 e. The van der Waals surface area contributed by atoms with Gasteiger partial charge in [-0.25, -0.2) is 4.39 Å². The molecule has 0 saturated heterocycles. The van der Waals surface area contributed by atoms with E-state index in [2.05, 4.69) is 5.10 Å². The Bertz CT molecular complexity index is 777. The van der Waals surface area contributed by atoms with Crippen molar-refractivity contribution in [2.75, 3.05) is 0 Å². The lowest BCUT2D eigenvalue weighted by Gasteiger charge is -2.04. The number of hydrogen-bond donors (Lipinski definition) is 1. The van der Waals surface area contributed by atoms with E-state index >= 15 is 0 Å². The highest BCUT2D eigenvalue weighted by Crippen LogP contribution is 2.16. The minimum Gasteiger partial charge on any atom is -0.366 e. The van der Waals surface area contributed by atoms with Crippen molar-refractivity contribution >= 4 is 16.8 Å². The van der Waals surface area contributed by atoms with Crippen LogP contribution in [0.1, 0.15) is 15.9 Å². The van der Waals surface area contributed by atoms with Crippen LogP contribution in [0.25, 0.3) is 10.9 Å². The number of hydrogen-bond acceptors (Lipinski definition) is 2. The van der Waals surface area contributed by atoms with Gasteiger partial charge in [0, 0.05) is 10.9 Å². The first kappa shape index (κ1) is 12.3. The molecule has 1 amide bonds. The van der Waals surface area contributed by atoms with Crippen molar-refractivity contribution in [3.05, 3.63) is 65.6 Å². The molecule has 3 aromatic rings. The third-order valence-corrected chi connectivity index (χ3v) is 3.17. The van der Waals surface area contributed by atoms with Gasteiger partial charge in [-0.05, 0) is 35.9 Å². The van der Waals surface area contributed by atoms with E-state index in [-0.39, 0.29) is 5.82 Å². The molecule has 5 heteroatoms. The molecule has 100 valence electrons. The van der Waals surface area contributed by atoms with E-state index in [4.69, 9.17) is 5.73 Å². The maximum atomic E-state index is 13.1. The molecule has 0 spiro atoms. The first-order valence-corrected chi connectivity index (χ1v) is 6.13. The van der Waals surface area contributed by atoms with Gasteiger partial charge in [0.15, 0.2) is 0 Å². The van der Waals surface area contributed by atoms with Crippen molar-refractivity contribution in [3.8, 4) is 0 Å². The van der Waals surface area contributed by atoms with Crippen molar-refractivity contribution in [1.29, 1.82) is 0 Å². The van der Waals surface area contributed by atoms with E-state index in [0.717, 1.165) is 16.5 Å². The van der Waals surface area contributed by atoms with E-state index in [0.29, 0.717) is 12.1 Å². The van der Waals surface area contributed by atoms with Gasteiger partial charge in [0.2, 0.25) is 5.91 Å². The third-order valence-electron chi connectivity index (χ3n) is 3.17. The number of fused-ring (bicyclic) bond motifs is 1. The molecular formula is C15H12FN3O. The lowest BCUT2D eigenvalue weighted by atomic mass is 10.1. The van der Waals surface area contributed by atoms with E-state index < -0.39 is 5.91 Å². The minimum atomic E-state index is -0.448. The van der Waals surface area contributed by atoms with E-state index in [1.165, 1.54) is 12.1 Å². The zero-order chi connectivity index (χ0) is 14.1. The largest absolute Gasteiger partial charge is 0.366 e. The Balaban J connectivity index is 1.91. The SMILES string of the molecule is NC(=O)c1ccc(Cn2ncc3cc(F)ccc32)cc1. The van der Waals surface area contributed by atoms with E-state index in [1.54, 1.807) is 29.1 Å². The van der Waals surface area contributed by atoms with Crippen LogP contribution in [0.3, 0.4) is 0 Å². The molecule has 0 aliphatic carbocycles. The van der Waals surface area contributed by atoms with Gasteiger partial charge in [-0.3, -0.25) is 9.48 Å². The summed E-state index contributed by atoms with van der Waals surface area (Å²) in [6.07, 6.45) is 1.64. The smallest absolute Gasteiger partial charge is 0.248 e. The molecule has 2 N–H and O–H groups in total. The number of carbonyl (C=O) groups is 1. The summed E-state index contributed by atoms with van der Waals surface area (Å²) in [7, 11) is 0. The summed E-state index contributed by atoms with van der Waals surface area (Å²) in [4.78, 5) is 11.0. The van der Waals surface area contributed by atoms with Gasteiger partial charge < -0.3 is 5.73 Å². The Kier molecular flexibility index (Phi) is 2.95. The molecule has 4 nitrogen and oxygen atoms in total. The Hall–Kier alpha value is -2.69. The number of halogens is 1. The maximum absolute atomic E-state index is 13.1. The van der Waals surface area contributed by atoms with Crippen LogP contribution >= 0.6 is 0 Å². The standard InChI is InChI=1S/C15H12FN3O/c16-13-5-6-14-12(7-13)8-18-19(14)9-10-1-3-11(4-2-10)15(17)20/h1-8H,9H2,(H2,17,20). The molecule has 1 heterocycles. The first-order valence-electron chi connectivity index (χ1n) is 6.13. The summed E-state index contributed by atoms with van der Waals surface area (Å²) < 4.78 is 14.9. The van der Waals surface area contributed by atoms with Crippen LogP contribution < -0.4 is 5.73 Å². The van der Waals surface area contributed by atoms with E-state index in [1.807, 2.05) is 12.1 Å². The molecule has 20 heavy (non-hydrogen) atoms. The number of primary amides is 1. The summed E-state index contributed by atoms with van der Waals surface area (Å²) in [6, 6.07) is 11.6. The Morgan fingerprint density at radius 2 is 1.95 bits per heavy atom. The van der Waals surface area contributed by atoms with E-state index in [9.17, 15) is 9.18 Å². The van der Waals surface area contributed by atoms with Crippen molar-refractivity contribution in [2.45, 2.75) is 6.54 Å². The van der Waals surface area contributed by atoms with Gasteiger partial charge in [-0.15, -0.1) is 0 Å². The first-order chi connectivity index (χ1) is 9.63. The minimum absolute atomic E-state index is 0.275. The molecule has 3 rings (SSSR count). The van der Waals surface area contributed by atoms with Gasteiger partial charge in [-0.1, -0.05) is 12.1 Å². The van der Waals surface area contributed by atoms with Gasteiger partial charge >= 0.3 is 0 Å². The highest BCUT2D eigenvalue weighted by molar-refractivity contribution is 5.92. The van der Waals surface area contributed by atoms with Gasteiger partial charge in [0.1, 0.15) is 5.82 Å². The summed E-state index contributed by atoms with van der Waals surface area (Å²) >= 11 is 0. The second kappa shape index (κ2) is 4.77. The van der Waals surface area contributed by atoms with Crippen LogP contribution in [0.15, 0.2) is 48.7 Å². The highest BCUT2D eigenvalue weighted by Gasteiger charge is 2.05. The average molecular weight is 269 g/mol. The average Bonchev–Trinajstić information content (AvgIpc) is 2.81. The summed E-state index contributed by atoms with van der Waals surface area (Å²) in [5.41, 5.74) is 7.53. The highest BCUT2D eigenvalue weighted by atomic mass is 19.1. The Labute approximate surface area is 114 Å². The predicted octanol–water partition coefficient (Wildman–Crippen LogP) is 2.32. The number of carbonyl (C=O) groups excluding carboxylic acids is 1. The topological polar surface area (TPSA) is 60.9 Å². The number of nitrogens with zero attached hydrogens (tertiary/aromatic N) is 2. The van der Waals surface area contributed by atoms with Gasteiger partial charge in [-0.2, -0.15) is 5.10 Å². The summed E-state index contributed by atoms with van der Waals surface area (Å²) in [5, 5.41) is 5.01. The lowest BCUT2D eigenvalue weighted by molar-refractivity contribution is 0.100. The molecule has 0 aliphatic heterocycles. The third kappa shape index (κ3) is 2.25. The second-order valence-corrected chi connectivity index (χ2v) is 4.57. The summed E-state index contributed by atoms with van der Waals surface area (Å²) in [6.45, 7) is 0.550. The van der Waals surface area contributed by atoms with Gasteiger partial charge in [0.25, 0.3) is 0 Å². The van der Waals surface area contributed by atoms with Crippen LogP contribution in [0.4, 0.5) is 4.39 Å². The molecule has 0 fully saturated rings. The molecular weight excluding hydrogens is 257 g/mol. The quantitative estimate of drug-likeness (QED) is 0.793. The molecule has 0 radical (unpaired) electrons. The van der Waals surface area contributed by atoms with Gasteiger partial charge in [0.05, 0.1) is 18.3 Å². The van der Waals surface area contributed by atoms with Crippen LogP contribution in [0.2, 0.25) is 0 Å². The normalized spacial score (nSPS) is 10.8. The van der Waals surface area contributed by atoms with Crippen LogP contribution in [0.5, 0.6) is 0 Å². The van der Waals surface area contributed by atoms with Crippen LogP contribution in [0, 0.1) is 5.82 Å². The van der Waals surface area contributed by atoms with Crippen LogP contribution in [-0.4, -0.2) is 15.7 Å². The number of aromatic nitrogens is 2. The van der Waals surface area contributed by atoms with Crippen molar-refractivity contribution < 1.29 is 9.18 Å². The number of nitrogens with two attached hydrogens (primary N) is 1. The molecule has 2 aromatic carbocycles. The predicted molar refractivity (Wildman–Crippen MR) is 73.8 cm³/mol. The van der Waals surface area contributed by atoms with Crippen molar-refractivity contribution in [2.24, 2.45) is 5.73 Å². The second-order valence-electron chi connectivity index (χ2n) is 4.57. The lowest BCUT2D eigenvalue weighted by Crippen LogP contribution is -2.10. The van der Waals surface area contributed by atoms with Crippen molar-refractivity contribution in [1.82, 2.24) is 9.78 Å². The fraction of sp³-hybridized carbons (Fsp3) is 0.0667. The molecule has 0 atom stereocenters. The Morgan fingerprint density at radius 3 is 2.65 bits per heavy atom. The summed E-state index contributed by atoms with van der Waals surface area (Å²) in [5.74, 6) is -0.723. The Morgan fingerprint density at radius 1 is 1.20 bits per heavy atom. The number of amides is 1. The number of rotatable bonds is 3. The number of benzene rings is 2. The monoisotopic (exact) mass is 269 g/mol. The van der Waals surface area contributed by atoms with Crippen LogP contribution in [-0.2, 0) is 6.54 Å². The molecule has 0 unspecified atom stereocenters. The molecule has 0 aliphatic rings. The zero-order valence-corrected chi connectivity index (χ0v) is 10.6. The molecule has 1 aromatic heterocycles. The molecule has 0 bridgehead atoms. The zero-order valence-electron chi connectivity index (χ0n) is 10.6. The van der Waals surface area contributed by atoms with Crippen molar-refractivity contribution in [3.63, 3.8) is 0 Å². The fourth-order valence-corrected chi connectivity index (χ4v) is 2.13. The molecule has 0 saturated carbocycles.